The molecule has 0 aliphatic carbocycles. The summed E-state index contributed by atoms with van der Waals surface area (Å²) in [6, 6.07) is 3.91. The molecule has 1 aliphatic rings. The molecule has 0 saturated carbocycles. The molecule has 0 radical (unpaired) electrons. The molecule has 1 saturated heterocycles. The van der Waals surface area contributed by atoms with Crippen LogP contribution in [0.25, 0.3) is 5.69 Å². The largest absolute Gasteiger partial charge is 0.417 e. The molecule has 0 spiro atoms. The second-order valence-corrected chi connectivity index (χ2v) is 5.45. The molecule has 3 nitrogen and oxygen atoms in total. The average molecular weight is 316 g/mol. The van der Waals surface area contributed by atoms with Gasteiger partial charge in [0.1, 0.15) is 0 Å². The number of nitrogens with zero attached hydrogens (tertiary/aromatic N) is 2. The lowest BCUT2D eigenvalue weighted by Crippen LogP contribution is -2.12. The minimum Gasteiger partial charge on any atom is -0.316 e. The number of halogens is 4. The van der Waals surface area contributed by atoms with Gasteiger partial charge in [-0.05, 0) is 31.2 Å². The van der Waals surface area contributed by atoms with Gasteiger partial charge in [0.15, 0.2) is 0 Å². The smallest absolute Gasteiger partial charge is 0.316 e. The Bertz CT molecular complexity index is 645. The van der Waals surface area contributed by atoms with Crippen LogP contribution in [0, 0.1) is 0 Å². The predicted octanol–water partition coefficient (Wildman–Crippen LogP) is 3.62. The van der Waals surface area contributed by atoms with Gasteiger partial charge >= 0.3 is 6.18 Å². The first-order valence-electron chi connectivity index (χ1n) is 6.57. The summed E-state index contributed by atoms with van der Waals surface area (Å²) in [4.78, 5) is 4.08. The zero-order valence-electron chi connectivity index (χ0n) is 11.0. The van der Waals surface area contributed by atoms with Crippen molar-refractivity contribution in [3.8, 4) is 5.69 Å². The highest BCUT2D eigenvalue weighted by molar-refractivity contribution is 6.31. The van der Waals surface area contributed by atoms with Crippen molar-refractivity contribution < 1.29 is 13.2 Å². The van der Waals surface area contributed by atoms with E-state index in [9.17, 15) is 13.2 Å². The quantitative estimate of drug-likeness (QED) is 0.917. The molecule has 0 amide bonds. The first kappa shape index (κ1) is 14.4. The molecule has 1 atom stereocenters. The van der Waals surface area contributed by atoms with Gasteiger partial charge in [0.2, 0.25) is 0 Å². The van der Waals surface area contributed by atoms with Gasteiger partial charge in [0.25, 0.3) is 0 Å². The van der Waals surface area contributed by atoms with Crippen LogP contribution in [-0.4, -0.2) is 22.6 Å². The van der Waals surface area contributed by atoms with Crippen LogP contribution >= 0.6 is 11.6 Å². The van der Waals surface area contributed by atoms with Gasteiger partial charge in [-0.2, -0.15) is 13.2 Å². The monoisotopic (exact) mass is 315 g/mol. The maximum atomic E-state index is 13.0. The SMILES string of the molecule is FC(F)(F)c1cc(-n2cncc2C2CCNC2)ccc1Cl. The van der Waals surface area contributed by atoms with Crippen LogP contribution in [0.4, 0.5) is 13.2 Å². The Balaban J connectivity index is 2.03. The fraction of sp³-hybridized carbons (Fsp3) is 0.357. The lowest BCUT2D eigenvalue weighted by atomic mass is 10.1. The third-order valence-corrected chi connectivity index (χ3v) is 4.01. The number of benzene rings is 1. The maximum absolute atomic E-state index is 13.0. The zero-order valence-corrected chi connectivity index (χ0v) is 11.7. The number of hydrogen-bond donors (Lipinski definition) is 1. The fourth-order valence-corrected chi connectivity index (χ4v) is 2.84. The number of aromatic nitrogens is 2. The topological polar surface area (TPSA) is 29.9 Å². The summed E-state index contributed by atoms with van der Waals surface area (Å²) in [5.74, 6) is 0.262. The summed E-state index contributed by atoms with van der Waals surface area (Å²) < 4.78 is 40.6. The molecule has 1 aliphatic heterocycles. The summed E-state index contributed by atoms with van der Waals surface area (Å²) in [6.07, 6.45) is -0.273. The third-order valence-electron chi connectivity index (χ3n) is 3.68. The fourth-order valence-electron chi connectivity index (χ4n) is 2.61. The van der Waals surface area contributed by atoms with E-state index in [1.807, 2.05) is 0 Å². The van der Waals surface area contributed by atoms with Gasteiger partial charge in [-0.3, -0.25) is 0 Å². The highest BCUT2D eigenvalue weighted by Crippen LogP contribution is 2.36. The molecular weight excluding hydrogens is 303 g/mol. The molecule has 7 heteroatoms. The van der Waals surface area contributed by atoms with E-state index in [0.717, 1.165) is 31.3 Å². The average Bonchev–Trinajstić information content (AvgIpc) is 3.08. The highest BCUT2D eigenvalue weighted by Gasteiger charge is 2.33. The summed E-state index contributed by atoms with van der Waals surface area (Å²) in [5, 5.41) is 2.95. The Morgan fingerprint density at radius 3 is 2.81 bits per heavy atom. The van der Waals surface area contributed by atoms with Gasteiger partial charge in [-0.1, -0.05) is 11.6 Å². The second-order valence-electron chi connectivity index (χ2n) is 5.04. The van der Waals surface area contributed by atoms with Crippen molar-refractivity contribution in [2.45, 2.75) is 18.5 Å². The van der Waals surface area contributed by atoms with Crippen LogP contribution in [0.5, 0.6) is 0 Å². The van der Waals surface area contributed by atoms with E-state index in [1.54, 1.807) is 16.8 Å². The summed E-state index contributed by atoms with van der Waals surface area (Å²) in [6.45, 7) is 1.72. The van der Waals surface area contributed by atoms with E-state index in [-0.39, 0.29) is 10.9 Å². The van der Waals surface area contributed by atoms with Gasteiger partial charge < -0.3 is 9.88 Å². The Kier molecular flexibility index (Phi) is 3.67. The van der Waals surface area contributed by atoms with Gasteiger partial charge in [0.05, 0.1) is 16.9 Å². The third kappa shape index (κ3) is 2.78. The van der Waals surface area contributed by atoms with Gasteiger partial charge in [-0.15, -0.1) is 0 Å². The summed E-state index contributed by atoms with van der Waals surface area (Å²) in [5.41, 5.74) is 0.507. The highest BCUT2D eigenvalue weighted by atomic mass is 35.5. The molecule has 1 fully saturated rings. The molecule has 2 aromatic rings. The summed E-state index contributed by atoms with van der Waals surface area (Å²) >= 11 is 5.65. The zero-order chi connectivity index (χ0) is 15.0. The van der Waals surface area contributed by atoms with Crippen LogP contribution in [0.3, 0.4) is 0 Å². The number of imidazole rings is 1. The van der Waals surface area contributed by atoms with Crippen LogP contribution in [0.2, 0.25) is 5.02 Å². The lowest BCUT2D eigenvalue weighted by Gasteiger charge is -2.15. The molecule has 1 aromatic heterocycles. The molecule has 1 aromatic carbocycles. The van der Waals surface area contributed by atoms with Gasteiger partial charge in [-0.25, -0.2) is 4.98 Å². The van der Waals surface area contributed by atoms with E-state index in [0.29, 0.717) is 5.69 Å². The van der Waals surface area contributed by atoms with Crippen molar-refractivity contribution >= 4 is 11.6 Å². The number of nitrogens with one attached hydrogen (secondary N) is 1. The predicted molar refractivity (Wildman–Crippen MR) is 73.8 cm³/mol. The van der Waals surface area contributed by atoms with Crippen molar-refractivity contribution in [3.05, 3.63) is 47.0 Å². The maximum Gasteiger partial charge on any atom is 0.417 e. The minimum absolute atomic E-state index is 0.262. The van der Waals surface area contributed by atoms with E-state index in [1.165, 1.54) is 12.4 Å². The van der Waals surface area contributed by atoms with Crippen molar-refractivity contribution in [2.75, 3.05) is 13.1 Å². The second kappa shape index (κ2) is 5.35. The number of rotatable bonds is 2. The Hall–Kier alpha value is -1.53. The van der Waals surface area contributed by atoms with E-state index >= 15 is 0 Å². The minimum atomic E-state index is -4.47. The van der Waals surface area contributed by atoms with Gasteiger partial charge in [0, 0.05) is 30.0 Å². The molecule has 3 rings (SSSR count). The number of alkyl halides is 3. The molecule has 21 heavy (non-hydrogen) atoms. The first-order valence-corrected chi connectivity index (χ1v) is 6.94. The number of hydrogen-bond acceptors (Lipinski definition) is 2. The van der Waals surface area contributed by atoms with Crippen molar-refractivity contribution in [2.24, 2.45) is 0 Å². The van der Waals surface area contributed by atoms with E-state index in [4.69, 9.17) is 11.6 Å². The molecule has 1 N–H and O–H groups in total. The lowest BCUT2D eigenvalue weighted by molar-refractivity contribution is -0.137. The Morgan fingerprint density at radius 1 is 1.33 bits per heavy atom. The Labute approximate surface area is 124 Å². The summed E-state index contributed by atoms with van der Waals surface area (Å²) in [7, 11) is 0. The molecule has 2 heterocycles. The van der Waals surface area contributed by atoms with E-state index < -0.39 is 11.7 Å². The van der Waals surface area contributed by atoms with Crippen molar-refractivity contribution in [1.29, 1.82) is 0 Å². The molecular formula is C14H13ClF3N3. The van der Waals surface area contributed by atoms with Crippen LogP contribution in [-0.2, 0) is 6.18 Å². The Morgan fingerprint density at radius 2 is 2.14 bits per heavy atom. The van der Waals surface area contributed by atoms with Crippen molar-refractivity contribution in [1.82, 2.24) is 14.9 Å². The molecule has 0 bridgehead atoms. The molecule has 112 valence electrons. The van der Waals surface area contributed by atoms with E-state index in [2.05, 4.69) is 10.3 Å². The standard InChI is InChI=1S/C14H13ClF3N3/c15-12-2-1-10(5-11(12)14(16,17)18)21-8-20-7-13(21)9-3-4-19-6-9/h1-2,5,7-9,19H,3-4,6H2. The molecule has 1 unspecified atom stereocenters. The first-order chi connectivity index (χ1) is 9.97. The normalized spacial score (nSPS) is 19.1. The van der Waals surface area contributed by atoms with Crippen LogP contribution in [0.1, 0.15) is 23.6 Å². The van der Waals surface area contributed by atoms with Crippen LogP contribution < -0.4 is 5.32 Å². The van der Waals surface area contributed by atoms with Crippen molar-refractivity contribution in [3.63, 3.8) is 0 Å². The van der Waals surface area contributed by atoms with Crippen LogP contribution in [0.15, 0.2) is 30.7 Å².